The van der Waals surface area contributed by atoms with Crippen LogP contribution in [0.3, 0.4) is 0 Å². The molecule has 0 spiro atoms. The maximum atomic E-state index is 13.6. The largest absolute Gasteiger partial charge is 0.507 e. The van der Waals surface area contributed by atoms with E-state index >= 15 is 0 Å². The van der Waals surface area contributed by atoms with Gasteiger partial charge >= 0.3 is 0 Å². The average molecular weight is 425 g/mol. The van der Waals surface area contributed by atoms with Crippen molar-refractivity contribution in [3.05, 3.63) is 76.1 Å². The van der Waals surface area contributed by atoms with Gasteiger partial charge in [0.15, 0.2) is 0 Å². The molecule has 0 saturated carbocycles. The number of Topliss-reactive ketones (excluding diaryl/α,β-unsaturated/α-hetero) is 1. The van der Waals surface area contributed by atoms with Crippen molar-refractivity contribution in [3.63, 3.8) is 0 Å². The number of aliphatic hydroxyl groups excluding tert-OH is 1. The van der Waals surface area contributed by atoms with Gasteiger partial charge < -0.3 is 14.9 Å². The maximum absolute atomic E-state index is 13.6. The van der Waals surface area contributed by atoms with Crippen molar-refractivity contribution >= 4 is 17.4 Å². The van der Waals surface area contributed by atoms with Crippen LogP contribution in [-0.2, 0) is 9.59 Å². The molecule has 1 heterocycles. The summed E-state index contributed by atoms with van der Waals surface area (Å²) >= 11 is 0. The molecule has 0 aliphatic carbocycles. The standard InChI is InChI=1S/C25H29FN2O3/c1-5-27(6-2)13-14-28-22(18-9-11-19(26)12-10-18)21(24(30)25(28)31)23(29)20-15-16(3)7-8-17(20)4/h7-12,15,22,29H,5-6,13-14H2,1-4H3/b23-21+. The molecule has 2 aromatic carbocycles. The number of likely N-dealkylation sites (N-methyl/N-ethyl adjacent to an activating group) is 1. The minimum Gasteiger partial charge on any atom is -0.507 e. The fourth-order valence-corrected chi connectivity index (χ4v) is 4.03. The second kappa shape index (κ2) is 9.43. The molecule has 0 aromatic heterocycles. The fourth-order valence-electron chi connectivity index (χ4n) is 4.03. The molecule has 0 radical (unpaired) electrons. The molecule has 0 bridgehead atoms. The quantitative estimate of drug-likeness (QED) is 0.411. The topological polar surface area (TPSA) is 60.9 Å². The first-order valence-corrected chi connectivity index (χ1v) is 10.6. The van der Waals surface area contributed by atoms with E-state index in [4.69, 9.17) is 0 Å². The van der Waals surface area contributed by atoms with E-state index in [-0.39, 0.29) is 11.3 Å². The van der Waals surface area contributed by atoms with Gasteiger partial charge in [0.1, 0.15) is 11.6 Å². The summed E-state index contributed by atoms with van der Waals surface area (Å²) in [4.78, 5) is 29.7. The summed E-state index contributed by atoms with van der Waals surface area (Å²) in [5.74, 6) is -1.96. The van der Waals surface area contributed by atoms with Crippen molar-refractivity contribution in [2.24, 2.45) is 0 Å². The lowest BCUT2D eigenvalue weighted by Crippen LogP contribution is -2.38. The molecular formula is C25H29FN2O3. The van der Waals surface area contributed by atoms with Crippen molar-refractivity contribution in [3.8, 4) is 0 Å². The van der Waals surface area contributed by atoms with Crippen LogP contribution in [0.4, 0.5) is 4.39 Å². The lowest BCUT2D eigenvalue weighted by molar-refractivity contribution is -0.140. The zero-order valence-electron chi connectivity index (χ0n) is 18.5. The number of carbonyl (C=O) groups is 2. The normalized spacial score (nSPS) is 18.3. The van der Waals surface area contributed by atoms with Gasteiger partial charge in [0, 0.05) is 18.7 Å². The Morgan fingerprint density at radius 3 is 2.32 bits per heavy atom. The molecule has 1 fully saturated rings. The number of nitrogens with zero attached hydrogens (tertiary/aromatic N) is 2. The molecule has 1 saturated heterocycles. The van der Waals surface area contributed by atoms with Crippen molar-refractivity contribution in [1.82, 2.24) is 9.80 Å². The molecule has 1 amide bonds. The zero-order chi connectivity index (χ0) is 22.7. The minimum absolute atomic E-state index is 0.0462. The highest BCUT2D eigenvalue weighted by Crippen LogP contribution is 2.39. The van der Waals surface area contributed by atoms with E-state index in [9.17, 15) is 19.1 Å². The zero-order valence-corrected chi connectivity index (χ0v) is 18.5. The minimum atomic E-state index is -0.768. The first-order chi connectivity index (χ1) is 14.8. The van der Waals surface area contributed by atoms with Crippen LogP contribution in [-0.4, -0.2) is 52.8 Å². The van der Waals surface area contributed by atoms with Gasteiger partial charge in [0.2, 0.25) is 0 Å². The Kier molecular flexibility index (Phi) is 6.91. The number of carbonyl (C=O) groups excluding carboxylic acids is 2. The van der Waals surface area contributed by atoms with E-state index < -0.39 is 23.5 Å². The Morgan fingerprint density at radius 2 is 1.71 bits per heavy atom. The third-order valence-electron chi connectivity index (χ3n) is 5.93. The average Bonchev–Trinajstić information content (AvgIpc) is 3.01. The summed E-state index contributed by atoms with van der Waals surface area (Å²) < 4.78 is 13.6. The fraction of sp³-hybridized carbons (Fsp3) is 0.360. The van der Waals surface area contributed by atoms with E-state index in [0.29, 0.717) is 24.2 Å². The van der Waals surface area contributed by atoms with Gasteiger partial charge in [-0.1, -0.05) is 43.7 Å². The summed E-state index contributed by atoms with van der Waals surface area (Å²) in [6, 6.07) is 10.6. The lowest BCUT2D eigenvalue weighted by atomic mass is 9.93. The first-order valence-electron chi connectivity index (χ1n) is 10.6. The molecule has 1 aliphatic heterocycles. The number of hydrogen-bond acceptors (Lipinski definition) is 4. The number of aliphatic hydroxyl groups is 1. The SMILES string of the molecule is CCN(CC)CCN1C(=O)C(=O)/C(=C(/O)c2cc(C)ccc2C)C1c1ccc(F)cc1. The van der Waals surface area contributed by atoms with Crippen molar-refractivity contribution in [2.45, 2.75) is 33.7 Å². The smallest absolute Gasteiger partial charge is 0.295 e. The van der Waals surface area contributed by atoms with Crippen LogP contribution in [0, 0.1) is 19.7 Å². The first kappa shape index (κ1) is 22.7. The van der Waals surface area contributed by atoms with Crippen molar-refractivity contribution < 1.29 is 19.1 Å². The number of benzene rings is 2. The summed E-state index contributed by atoms with van der Waals surface area (Å²) in [5.41, 5.74) is 2.89. The number of amides is 1. The summed E-state index contributed by atoms with van der Waals surface area (Å²) in [5, 5.41) is 11.2. The van der Waals surface area contributed by atoms with Gasteiger partial charge in [0.05, 0.1) is 11.6 Å². The van der Waals surface area contributed by atoms with E-state index in [2.05, 4.69) is 4.90 Å². The maximum Gasteiger partial charge on any atom is 0.295 e. The summed E-state index contributed by atoms with van der Waals surface area (Å²) in [6.07, 6.45) is 0. The molecule has 1 aliphatic rings. The Morgan fingerprint density at radius 1 is 1.06 bits per heavy atom. The number of likely N-dealkylation sites (tertiary alicyclic amines) is 1. The van der Waals surface area contributed by atoms with E-state index in [0.717, 1.165) is 24.2 Å². The Bertz CT molecular complexity index is 1010. The number of halogens is 1. The van der Waals surface area contributed by atoms with Crippen molar-refractivity contribution in [1.29, 1.82) is 0 Å². The summed E-state index contributed by atoms with van der Waals surface area (Å²) in [7, 11) is 0. The molecule has 1 atom stereocenters. The van der Waals surface area contributed by atoms with Gasteiger partial charge in [-0.05, 0) is 56.3 Å². The molecule has 1 N–H and O–H groups in total. The van der Waals surface area contributed by atoms with Crippen molar-refractivity contribution in [2.75, 3.05) is 26.2 Å². The van der Waals surface area contributed by atoms with Crippen LogP contribution >= 0.6 is 0 Å². The van der Waals surface area contributed by atoms with Gasteiger partial charge in [-0.3, -0.25) is 9.59 Å². The predicted octanol–water partition coefficient (Wildman–Crippen LogP) is 4.21. The highest BCUT2D eigenvalue weighted by molar-refractivity contribution is 6.46. The molecule has 1 unspecified atom stereocenters. The molecular weight excluding hydrogens is 395 g/mol. The van der Waals surface area contributed by atoms with Gasteiger partial charge in [-0.25, -0.2) is 4.39 Å². The lowest BCUT2D eigenvalue weighted by Gasteiger charge is -2.28. The second-order valence-electron chi connectivity index (χ2n) is 7.89. The molecule has 31 heavy (non-hydrogen) atoms. The van der Waals surface area contributed by atoms with E-state index in [1.54, 1.807) is 18.2 Å². The Balaban J connectivity index is 2.13. The predicted molar refractivity (Wildman–Crippen MR) is 119 cm³/mol. The molecule has 3 rings (SSSR count). The molecule has 164 valence electrons. The molecule has 5 nitrogen and oxygen atoms in total. The third kappa shape index (κ3) is 4.54. The monoisotopic (exact) mass is 424 g/mol. The Labute approximate surface area is 182 Å². The van der Waals surface area contributed by atoms with Crippen LogP contribution in [0.5, 0.6) is 0 Å². The second-order valence-corrected chi connectivity index (χ2v) is 7.89. The highest BCUT2D eigenvalue weighted by atomic mass is 19.1. The van der Waals surface area contributed by atoms with E-state index in [1.807, 2.05) is 39.8 Å². The van der Waals surface area contributed by atoms with Crippen LogP contribution in [0.15, 0.2) is 48.0 Å². The van der Waals surface area contributed by atoms with Crippen LogP contribution in [0.2, 0.25) is 0 Å². The molecule has 6 heteroatoms. The number of rotatable bonds is 7. The third-order valence-corrected chi connectivity index (χ3v) is 5.93. The number of aryl methyl sites for hydroxylation is 2. The van der Waals surface area contributed by atoms with Crippen LogP contribution in [0.25, 0.3) is 5.76 Å². The van der Waals surface area contributed by atoms with Gasteiger partial charge in [0.25, 0.3) is 11.7 Å². The van der Waals surface area contributed by atoms with Gasteiger partial charge in [-0.15, -0.1) is 0 Å². The number of hydrogen-bond donors (Lipinski definition) is 1. The van der Waals surface area contributed by atoms with Gasteiger partial charge in [-0.2, -0.15) is 0 Å². The highest BCUT2D eigenvalue weighted by Gasteiger charge is 2.46. The van der Waals surface area contributed by atoms with Crippen LogP contribution in [0.1, 0.15) is 42.1 Å². The van der Waals surface area contributed by atoms with E-state index in [1.165, 1.54) is 17.0 Å². The molecule has 2 aromatic rings. The van der Waals surface area contributed by atoms with Crippen LogP contribution < -0.4 is 0 Å². The Hall–Kier alpha value is -2.99. The number of ketones is 1. The summed E-state index contributed by atoms with van der Waals surface area (Å²) in [6.45, 7) is 10.4.